The average Bonchev–Trinajstić information content (AvgIpc) is 3.06. The molecule has 0 radical (unpaired) electrons. The fraction of sp³-hybridized carbons (Fsp3) is 0.0556. The highest BCUT2D eigenvalue weighted by Crippen LogP contribution is 2.26. The maximum atomic E-state index is 13.2. The lowest BCUT2D eigenvalue weighted by molar-refractivity contribution is 0.628. The highest BCUT2D eigenvalue weighted by molar-refractivity contribution is 7.98. The van der Waals surface area contributed by atoms with Crippen molar-refractivity contribution >= 4 is 29.0 Å². The Balaban J connectivity index is 1.71. The molecule has 0 unspecified atom stereocenters. The summed E-state index contributed by atoms with van der Waals surface area (Å²) in [6.07, 6.45) is 1.55. The maximum absolute atomic E-state index is 13.2. The van der Waals surface area contributed by atoms with Crippen LogP contribution in [0.2, 0.25) is 5.02 Å². The van der Waals surface area contributed by atoms with Crippen molar-refractivity contribution in [3.05, 3.63) is 81.6 Å². The number of H-pyrrole nitrogens is 1. The third kappa shape index (κ3) is 3.23. The maximum Gasteiger partial charge on any atom is 0.350 e. The van der Waals surface area contributed by atoms with Crippen molar-refractivity contribution in [1.29, 1.82) is 0 Å². The summed E-state index contributed by atoms with van der Waals surface area (Å²) in [4.78, 5) is 19.5. The molecule has 2 aromatic heterocycles. The second-order valence-corrected chi connectivity index (χ2v) is 6.90. The Morgan fingerprint density at radius 1 is 1.15 bits per heavy atom. The predicted octanol–water partition coefficient (Wildman–Crippen LogP) is 4.17. The number of thioether (sulfide) groups is 1. The SMILES string of the molecule is O=c1[nH]c(SCc2ccccc2Cl)nc2c(-c3ccc(F)cc3)cnn12. The van der Waals surface area contributed by atoms with Gasteiger partial charge < -0.3 is 0 Å². The van der Waals surface area contributed by atoms with Gasteiger partial charge in [0, 0.05) is 16.3 Å². The molecule has 0 saturated heterocycles. The Morgan fingerprint density at radius 3 is 2.69 bits per heavy atom. The lowest BCUT2D eigenvalue weighted by Gasteiger charge is -2.04. The van der Waals surface area contributed by atoms with Gasteiger partial charge >= 0.3 is 5.69 Å². The van der Waals surface area contributed by atoms with E-state index in [0.717, 1.165) is 11.1 Å². The molecule has 0 spiro atoms. The van der Waals surface area contributed by atoms with E-state index in [2.05, 4.69) is 15.1 Å². The standard InChI is InChI=1S/C18H12ClFN4OS/c19-15-4-2-1-3-12(15)10-26-17-22-16-14(9-21-24(16)18(25)23-17)11-5-7-13(20)8-6-11/h1-9H,10H2,(H,22,23,25). The van der Waals surface area contributed by atoms with Gasteiger partial charge in [0.2, 0.25) is 0 Å². The number of benzene rings is 2. The Morgan fingerprint density at radius 2 is 1.92 bits per heavy atom. The van der Waals surface area contributed by atoms with Crippen LogP contribution in [0.3, 0.4) is 0 Å². The summed E-state index contributed by atoms with van der Waals surface area (Å²) in [5.74, 6) is 0.241. The molecule has 1 N–H and O–H groups in total. The molecule has 0 fully saturated rings. The van der Waals surface area contributed by atoms with Crippen molar-refractivity contribution in [1.82, 2.24) is 19.6 Å². The van der Waals surface area contributed by atoms with E-state index >= 15 is 0 Å². The van der Waals surface area contributed by atoms with Gasteiger partial charge in [-0.25, -0.2) is 14.2 Å². The molecule has 2 aromatic carbocycles. The second kappa shape index (κ2) is 6.93. The topological polar surface area (TPSA) is 63.0 Å². The van der Waals surface area contributed by atoms with Crippen LogP contribution in [0.4, 0.5) is 4.39 Å². The van der Waals surface area contributed by atoms with Crippen LogP contribution in [0, 0.1) is 5.82 Å². The first-order valence-electron chi connectivity index (χ1n) is 7.72. The molecule has 0 aliphatic carbocycles. The highest BCUT2D eigenvalue weighted by atomic mass is 35.5. The molecule has 0 atom stereocenters. The van der Waals surface area contributed by atoms with Crippen molar-refractivity contribution in [3.63, 3.8) is 0 Å². The third-order valence-corrected chi connectivity index (χ3v) is 5.13. The molecule has 2 heterocycles. The van der Waals surface area contributed by atoms with Gasteiger partial charge in [0.1, 0.15) is 5.82 Å². The first-order valence-corrected chi connectivity index (χ1v) is 9.08. The highest BCUT2D eigenvalue weighted by Gasteiger charge is 2.13. The summed E-state index contributed by atoms with van der Waals surface area (Å²) in [5, 5.41) is 5.21. The molecule has 0 aliphatic rings. The summed E-state index contributed by atoms with van der Waals surface area (Å²) in [5.41, 5.74) is 2.39. The lowest BCUT2D eigenvalue weighted by atomic mass is 10.1. The zero-order valence-electron chi connectivity index (χ0n) is 13.3. The number of fused-ring (bicyclic) bond motifs is 1. The largest absolute Gasteiger partial charge is 0.350 e. The summed E-state index contributed by atoms with van der Waals surface area (Å²) >= 11 is 7.54. The molecular formula is C18H12ClFN4OS. The molecule has 0 aliphatic heterocycles. The average molecular weight is 387 g/mol. The summed E-state index contributed by atoms with van der Waals surface area (Å²) < 4.78 is 14.4. The summed E-state index contributed by atoms with van der Waals surface area (Å²) in [6.45, 7) is 0. The smallest absolute Gasteiger partial charge is 0.285 e. The molecule has 4 rings (SSSR count). The van der Waals surface area contributed by atoms with E-state index in [9.17, 15) is 9.18 Å². The van der Waals surface area contributed by atoms with Gasteiger partial charge in [0.15, 0.2) is 10.8 Å². The van der Waals surface area contributed by atoms with Crippen LogP contribution >= 0.6 is 23.4 Å². The number of nitrogens with one attached hydrogen (secondary N) is 1. The van der Waals surface area contributed by atoms with Gasteiger partial charge in [0.05, 0.1) is 6.20 Å². The van der Waals surface area contributed by atoms with Crippen molar-refractivity contribution < 1.29 is 4.39 Å². The summed E-state index contributed by atoms with van der Waals surface area (Å²) in [7, 11) is 0. The monoisotopic (exact) mass is 386 g/mol. The van der Waals surface area contributed by atoms with Gasteiger partial charge in [-0.2, -0.15) is 9.61 Å². The van der Waals surface area contributed by atoms with Crippen molar-refractivity contribution in [2.24, 2.45) is 0 Å². The minimum Gasteiger partial charge on any atom is -0.285 e. The van der Waals surface area contributed by atoms with Crippen molar-refractivity contribution in [2.75, 3.05) is 0 Å². The van der Waals surface area contributed by atoms with Crippen LogP contribution in [0.15, 0.2) is 64.7 Å². The van der Waals surface area contributed by atoms with Crippen molar-refractivity contribution in [3.8, 4) is 11.1 Å². The molecule has 4 aromatic rings. The summed E-state index contributed by atoms with van der Waals surface area (Å²) in [6, 6.07) is 13.5. The van der Waals surface area contributed by atoms with E-state index in [-0.39, 0.29) is 11.5 Å². The number of nitrogens with zero attached hydrogens (tertiary/aromatic N) is 3. The van der Waals surface area contributed by atoms with Crippen LogP contribution < -0.4 is 5.69 Å². The van der Waals surface area contributed by atoms with Gasteiger partial charge in [-0.15, -0.1) is 0 Å². The Hall–Kier alpha value is -2.64. The van der Waals surface area contributed by atoms with E-state index in [1.165, 1.54) is 28.4 Å². The van der Waals surface area contributed by atoms with Crippen LogP contribution in [-0.2, 0) is 5.75 Å². The number of rotatable bonds is 4. The predicted molar refractivity (Wildman–Crippen MR) is 100 cm³/mol. The lowest BCUT2D eigenvalue weighted by Crippen LogP contribution is -2.19. The number of halogens is 2. The fourth-order valence-corrected chi connectivity index (χ4v) is 3.67. The normalized spacial score (nSPS) is 11.2. The molecule has 26 heavy (non-hydrogen) atoms. The third-order valence-electron chi connectivity index (χ3n) is 3.83. The molecule has 0 bridgehead atoms. The first kappa shape index (κ1) is 16.8. The molecule has 8 heteroatoms. The molecule has 130 valence electrons. The Labute approximate surface area is 156 Å². The molecular weight excluding hydrogens is 375 g/mol. The van der Waals surface area contributed by atoms with Gasteiger partial charge in [-0.05, 0) is 29.3 Å². The number of hydrogen-bond donors (Lipinski definition) is 1. The van der Waals surface area contributed by atoms with E-state index in [1.807, 2.05) is 24.3 Å². The van der Waals surface area contributed by atoms with Gasteiger partial charge in [0.25, 0.3) is 0 Å². The Bertz CT molecular complexity index is 1140. The molecule has 0 amide bonds. The number of aromatic nitrogens is 4. The quantitative estimate of drug-likeness (QED) is 0.535. The van der Waals surface area contributed by atoms with Crippen molar-refractivity contribution in [2.45, 2.75) is 10.9 Å². The van der Waals surface area contributed by atoms with Crippen LogP contribution in [0.25, 0.3) is 16.8 Å². The van der Waals surface area contributed by atoms with E-state index < -0.39 is 0 Å². The first-order chi connectivity index (χ1) is 12.6. The molecule has 5 nitrogen and oxygen atoms in total. The van der Waals surface area contributed by atoms with Crippen LogP contribution in [-0.4, -0.2) is 19.6 Å². The minimum absolute atomic E-state index is 0.327. The van der Waals surface area contributed by atoms with Crippen LogP contribution in [0.5, 0.6) is 0 Å². The van der Waals surface area contributed by atoms with Gasteiger partial charge in [-0.3, -0.25) is 4.98 Å². The van der Waals surface area contributed by atoms with E-state index in [1.54, 1.807) is 18.3 Å². The fourth-order valence-electron chi connectivity index (χ4n) is 2.53. The second-order valence-electron chi connectivity index (χ2n) is 5.53. The van der Waals surface area contributed by atoms with E-state index in [4.69, 9.17) is 11.6 Å². The Kier molecular flexibility index (Phi) is 4.48. The zero-order valence-corrected chi connectivity index (χ0v) is 14.9. The number of hydrogen-bond acceptors (Lipinski definition) is 4. The van der Waals surface area contributed by atoms with E-state index in [0.29, 0.717) is 27.1 Å². The minimum atomic E-state index is -0.384. The molecule has 0 saturated carbocycles. The van der Waals surface area contributed by atoms with Crippen LogP contribution in [0.1, 0.15) is 5.56 Å². The zero-order chi connectivity index (χ0) is 18.1. The van der Waals surface area contributed by atoms with Gasteiger partial charge in [-0.1, -0.05) is 53.7 Å². The number of aromatic amines is 1.